The van der Waals surface area contributed by atoms with Gasteiger partial charge in [0.2, 0.25) is 0 Å². The van der Waals surface area contributed by atoms with Gasteiger partial charge in [-0.1, -0.05) is 24.6 Å². The van der Waals surface area contributed by atoms with E-state index < -0.39 is 0 Å². The molecule has 0 aliphatic heterocycles. The standard InChI is InChI=1S/C17H25N3O/c1-5-13-10-14(20(6-2)19-13)11-16(18)15-9-12(3)7-8-17(15)21-4/h7-10,16H,5-6,11,18H2,1-4H3. The molecule has 0 aliphatic carbocycles. The maximum absolute atomic E-state index is 6.43. The highest BCUT2D eigenvalue weighted by molar-refractivity contribution is 5.39. The molecule has 4 nitrogen and oxygen atoms in total. The number of ether oxygens (including phenoxy) is 1. The van der Waals surface area contributed by atoms with Crippen LogP contribution in [-0.4, -0.2) is 16.9 Å². The Morgan fingerprint density at radius 2 is 2.05 bits per heavy atom. The van der Waals surface area contributed by atoms with Crippen LogP contribution in [-0.2, 0) is 19.4 Å². The fourth-order valence-electron chi connectivity index (χ4n) is 2.60. The number of rotatable bonds is 6. The highest BCUT2D eigenvalue weighted by atomic mass is 16.5. The smallest absolute Gasteiger partial charge is 0.123 e. The molecule has 0 aliphatic rings. The molecule has 1 heterocycles. The van der Waals surface area contributed by atoms with Crippen LogP contribution in [0.3, 0.4) is 0 Å². The lowest BCUT2D eigenvalue weighted by Crippen LogP contribution is -2.17. The highest BCUT2D eigenvalue weighted by Gasteiger charge is 2.16. The minimum atomic E-state index is -0.0912. The van der Waals surface area contributed by atoms with E-state index in [0.717, 1.165) is 36.4 Å². The van der Waals surface area contributed by atoms with Gasteiger partial charge in [0, 0.05) is 30.3 Å². The Morgan fingerprint density at radius 1 is 1.29 bits per heavy atom. The van der Waals surface area contributed by atoms with Crippen molar-refractivity contribution in [1.82, 2.24) is 9.78 Å². The van der Waals surface area contributed by atoms with Crippen LogP contribution >= 0.6 is 0 Å². The van der Waals surface area contributed by atoms with Gasteiger partial charge in [0.05, 0.1) is 12.8 Å². The summed E-state index contributed by atoms with van der Waals surface area (Å²) in [5, 5.41) is 4.58. The van der Waals surface area contributed by atoms with E-state index in [1.807, 2.05) is 16.8 Å². The van der Waals surface area contributed by atoms with Crippen LogP contribution in [0.5, 0.6) is 5.75 Å². The van der Waals surface area contributed by atoms with Gasteiger partial charge >= 0.3 is 0 Å². The summed E-state index contributed by atoms with van der Waals surface area (Å²) >= 11 is 0. The Morgan fingerprint density at radius 3 is 2.67 bits per heavy atom. The lowest BCUT2D eigenvalue weighted by Gasteiger charge is -2.17. The Labute approximate surface area is 126 Å². The van der Waals surface area contributed by atoms with E-state index >= 15 is 0 Å². The third kappa shape index (κ3) is 3.45. The molecule has 2 N–H and O–H groups in total. The fourth-order valence-corrected chi connectivity index (χ4v) is 2.60. The molecular formula is C17H25N3O. The molecule has 2 aromatic rings. The number of hydrogen-bond donors (Lipinski definition) is 1. The summed E-state index contributed by atoms with van der Waals surface area (Å²) in [6, 6.07) is 8.20. The van der Waals surface area contributed by atoms with Gasteiger partial charge in [-0.15, -0.1) is 0 Å². The van der Waals surface area contributed by atoms with Gasteiger partial charge in [-0.25, -0.2) is 0 Å². The van der Waals surface area contributed by atoms with E-state index in [1.165, 1.54) is 11.3 Å². The molecule has 0 bridgehead atoms. The monoisotopic (exact) mass is 287 g/mol. The minimum absolute atomic E-state index is 0.0912. The van der Waals surface area contributed by atoms with Gasteiger partial charge in [0.25, 0.3) is 0 Å². The maximum atomic E-state index is 6.43. The van der Waals surface area contributed by atoms with E-state index in [1.54, 1.807) is 7.11 Å². The molecule has 0 radical (unpaired) electrons. The number of benzene rings is 1. The van der Waals surface area contributed by atoms with Crippen molar-refractivity contribution >= 4 is 0 Å². The summed E-state index contributed by atoms with van der Waals surface area (Å²) in [5.41, 5.74) is 11.0. The molecular weight excluding hydrogens is 262 g/mol. The SMILES string of the molecule is CCc1cc(CC(N)c2cc(C)ccc2OC)n(CC)n1. The molecule has 21 heavy (non-hydrogen) atoms. The highest BCUT2D eigenvalue weighted by Crippen LogP contribution is 2.27. The van der Waals surface area contributed by atoms with E-state index in [9.17, 15) is 0 Å². The first-order valence-electron chi connectivity index (χ1n) is 7.54. The molecule has 1 aromatic heterocycles. The Balaban J connectivity index is 2.27. The van der Waals surface area contributed by atoms with Gasteiger partial charge in [-0.2, -0.15) is 5.10 Å². The topological polar surface area (TPSA) is 53.1 Å². The van der Waals surface area contributed by atoms with Gasteiger partial charge < -0.3 is 10.5 Å². The Hall–Kier alpha value is -1.81. The van der Waals surface area contributed by atoms with Crippen molar-refractivity contribution in [2.45, 2.75) is 46.2 Å². The second-order valence-corrected chi connectivity index (χ2v) is 5.35. The zero-order valence-corrected chi connectivity index (χ0v) is 13.4. The van der Waals surface area contributed by atoms with Gasteiger partial charge in [-0.05, 0) is 32.4 Å². The maximum Gasteiger partial charge on any atom is 0.123 e. The fraction of sp³-hybridized carbons (Fsp3) is 0.471. The number of nitrogens with zero attached hydrogens (tertiary/aromatic N) is 2. The quantitative estimate of drug-likeness (QED) is 0.888. The van der Waals surface area contributed by atoms with E-state index in [2.05, 4.69) is 38.0 Å². The van der Waals surface area contributed by atoms with Crippen molar-refractivity contribution in [3.05, 3.63) is 46.8 Å². The van der Waals surface area contributed by atoms with Crippen molar-refractivity contribution < 1.29 is 4.74 Å². The van der Waals surface area contributed by atoms with Crippen LogP contribution in [0.25, 0.3) is 0 Å². The predicted octanol–water partition coefficient (Wildman–Crippen LogP) is 3.02. The van der Waals surface area contributed by atoms with Gasteiger partial charge in [-0.3, -0.25) is 4.68 Å². The molecule has 1 atom stereocenters. The number of hydrogen-bond acceptors (Lipinski definition) is 3. The van der Waals surface area contributed by atoms with E-state index in [0.29, 0.717) is 0 Å². The van der Waals surface area contributed by atoms with Gasteiger partial charge in [0.1, 0.15) is 5.75 Å². The first kappa shape index (κ1) is 15.6. The molecule has 0 fully saturated rings. The van der Waals surface area contributed by atoms with E-state index in [4.69, 9.17) is 10.5 Å². The molecule has 1 aromatic carbocycles. The van der Waals surface area contributed by atoms with Crippen LogP contribution in [0.1, 0.15) is 42.4 Å². The summed E-state index contributed by atoms with van der Waals surface area (Å²) in [6.45, 7) is 7.17. The second-order valence-electron chi connectivity index (χ2n) is 5.35. The summed E-state index contributed by atoms with van der Waals surface area (Å²) in [7, 11) is 1.69. The molecule has 0 spiro atoms. The van der Waals surface area contributed by atoms with Crippen molar-refractivity contribution in [1.29, 1.82) is 0 Å². The van der Waals surface area contributed by atoms with Crippen LogP contribution < -0.4 is 10.5 Å². The summed E-state index contributed by atoms with van der Waals surface area (Å²) in [5.74, 6) is 0.853. The largest absolute Gasteiger partial charge is 0.496 e. The predicted molar refractivity (Wildman–Crippen MR) is 85.6 cm³/mol. The van der Waals surface area contributed by atoms with Crippen LogP contribution in [0.2, 0.25) is 0 Å². The lowest BCUT2D eigenvalue weighted by atomic mass is 9.99. The third-order valence-corrected chi connectivity index (χ3v) is 3.79. The summed E-state index contributed by atoms with van der Waals surface area (Å²) in [4.78, 5) is 0. The van der Waals surface area contributed by atoms with E-state index in [-0.39, 0.29) is 6.04 Å². The molecule has 114 valence electrons. The molecule has 0 amide bonds. The number of aryl methyl sites for hydroxylation is 3. The Kier molecular flexibility index (Phi) is 5.02. The molecule has 0 saturated carbocycles. The zero-order valence-electron chi connectivity index (χ0n) is 13.4. The van der Waals surface area contributed by atoms with Crippen LogP contribution in [0.4, 0.5) is 0 Å². The molecule has 4 heteroatoms. The Bertz CT molecular complexity index is 604. The number of nitrogens with two attached hydrogens (primary N) is 1. The number of aromatic nitrogens is 2. The van der Waals surface area contributed by atoms with Crippen molar-refractivity contribution in [2.24, 2.45) is 5.73 Å². The minimum Gasteiger partial charge on any atom is -0.496 e. The van der Waals surface area contributed by atoms with Crippen molar-refractivity contribution in [2.75, 3.05) is 7.11 Å². The lowest BCUT2D eigenvalue weighted by molar-refractivity contribution is 0.404. The number of methoxy groups -OCH3 is 1. The molecule has 2 rings (SSSR count). The average Bonchev–Trinajstić information content (AvgIpc) is 2.89. The summed E-state index contributed by atoms with van der Waals surface area (Å²) in [6.07, 6.45) is 1.71. The molecule has 0 saturated heterocycles. The van der Waals surface area contributed by atoms with Crippen LogP contribution in [0, 0.1) is 6.92 Å². The normalized spacial score (nSPS) is 12.4. The first-order chi connectivity index (χ1) is 10.1. The van der Waals surface area contributed by atoms with Gasteiger partial charge in [0.15, 0.2) is 0 Å². The first-order valence-corrected chi connectivity index (χ1v) is 7.54. The third-order valence-electron chi connectivity index (χ3n) is 3.79. The second kappa shape index (κ2) is 6.76. The average molecular weight is 287 g/mol. The molecule has 1 unspecified atom stereocenters. The van der Waals surface area contributed by atoms with Crippen molar-refractivity contribution in [3.8, 4) is 5.75 Å². The zero-order chi connectivity index (χ0) is 15.4. The van der Waals surface area contributed by atoms with Crippen LogP contribution in [0.15, 0.2) is 24.3 Å². The van der Waals surface area contributed by atoms with Crippen molar-refractivity contribution in [3.63, 3.8) is 0 Å². The summed E-state index contributed by atoms with van der Waals surface area (Å²) < 4.78 is 7.48.